The fourth-order valence-electron chi connectivity index (χ4n) is 2.97. The second kappa shape index (κ2) is 11.0. The summed E-state index contributed by atoms with van der Waals surface area (Å²) in [6.45, 7) is 1.77. The summed E-state index contributed by atoms with van der Waals surface area (Å²) in [5.41, 5.74) is 5.57. The number of thioether (sulfide) groups is 1. The molecule has 172 valence electrons. The van der Waals surface area contributed by atoms with E-state index in [4.69, 9.17) is 34.8 Å². The van der Waals surface area contributed by atoms with Gasteiger partial charge in [-0.05, 0) is 61.0 Å². The van der Waals surface area contributed by atoms with Gasteiger partial charge in [0.1, 0.15) is 0 Å². The van der Waals surface area contributed by atoms with E-state index in [0.717, 1.165) is 16.8 Å². The summed E-state index contributed by atoms with van der Waals surface area (Å²) in [5.74, 6) is 0.418. The third-order valence-corrected chi connectivity index (χ3v) is 6.59. The highest BCUT2D eigenvalue weighted by atomic mass is 35.5. The van der Waals surface area contributed by atoms with E-state index in [-0.39, 0.29) is 11.7 Å². The Morgan fingerprint density at radius 2 is 1.74 bits per heavy atom. The Balaban J connectivity index is 1.51. The van der Waals surface area contributed by atoms with Gasteiger partial charge in [0.15, 0.2) is 11.0 Å². The monoisotopic (exact) mass is 530 g/mol. The number of aromatic nitrogens is 4. The number of rotatable bonds is 7. The molecule has 0 saturated carbocycles. The van der Waals surface area contributed by atoms with E-state index in [1.165, 1.54) is 11.8 Å². The van der Waals surface area contributed by atoms with Crippen molar-refractivity contribution in [1.29, 1.82) is 0 Å². The molecule has 11 heteroatoms. The van der Waals surface area contributed by atoms with Gasteiger partial charge in [-0.25, -0.2) is 5.43 Å². The molecule has 4 rings (SSSR count). The van der Waals surface area contributed by atoms with Crippen LogP contribution in [0.15, 0.2) is 77.2 Å². The van der Waals surface area contributed by atoms with Gasteiger partial charge in [-0.1, -0.05) is 52.6 Å². The van der Waals surface area contributed by atoms with E-state index >= 15 is 0 Å². The second-order valence-electron chi connectivity index (χ2n) is 7.00. The summed E-state index contributed by atoms with van der Waals surface area (Å²) in [4.78, 5) is 16.5. The lowest BCUT2D eigenvalue weighted by molar-refractivity contribution is -0.118. The first-order valence-corrected chi connectivity index (χ1v) is 12.1. The summed E-state index contributed by atoms with van der Waals surface area (Å²) in [5, 5.41) is 14.8. The van der Waals surface area contributed by atoms with E-state index in [1.54, 1.807) is 49.6 Å². The van der Waals surface area contributed by atoms with Crippen molar-refractivity contribution < 1.29 is 4.79 Å². The van der Waals surface area contributed by atoms with Gasteiger partial charge in [0.2, 0.25) is 0 Å². The maximum absolute atomic E-state index is 12.5. The molecule has 4 aromatic rings. The Labute approximate surface area is 215 Å². The van der Waals surface area contributed by atoms with Crippen molar-refractivity contribution in [2.75, 3.05) is 5.75 Å². The summed E-state index contributed by atoms with van der Waals surface area (Å²) in [6, 6.07) is 16.2. The Kier molecular flexibility index (Phi) is 7.84. The van der Waals surface area contributed by atoms with E-state index in [0.29, 0.717) is 31.8 Å². The predicted molar refractivity (Wildman–Crippen MR) is 137 cm³/mol. The maximum Gasteiger partial charge on any atom is 0.250 e. The standard InChI is InChI=1S/C23H17Cl3N6OS/c1-14(16-2-7-19(25)20(26)12-16)28-29-21(33)13-34-23-31-30-22(15-8-10-27-11-9-15)32(23)18-5-3-17(24)4-6-18/h2-12H,13H2,1H3,(H,29,33). The molecule has 0 saturated heterocycles. The highest BCUT2D eigenvalue weighted by molar-refractivity contribution is 7.99. The van der Waals surface area contributed by atoms with Crippen LogP contribution in [-0.2, 0) is 4.79 Å². The van der Waals surface area contributed by atoms with Gasteiger partial charge in [-0.15, -0.1) is 10.2 Å². The number of nitrogens with zero attached hydrogens (tertiary/aromatic N) is 5. The van der Waals surface area contributed by atoms with Crippen molar-refractivity contribution >= 4 is 58.2 Å². The quantitative estimate of drug-likeness (QED) is 0.182. The molecule has 2 heterocycles. The van der Waals surface area contributed by atoms with Gasteiger partial charge in [0.05, 0.1) is 21.5 Å². The highest BCUT2D eigenvalue weighted by Crippen LogP contribution is 2.28. The summed E-state index contributed by atoms with van der Waals surface area (Å²) in [7, 11) is 0. The van der Waals surface area contributed by atoms with Crippen molar-refractivity contribution in [1.82, 2.24) is 25.2 Å². The molecule has 2 aromatic carbocycles. The minimum absolute atomic E-state index is 0.0836. The molecule has 0 unspecified atom stereocenters. The first-order chi connectivity index (χ1) is 16.4. The van der Waals surface area contributed by atoms with Gasteiger partial charge in [-0.2, -0.15) is 5.10 Å². The molecule has 1 amide bonds. The Morgan fingerprint density at radius 1 is 1.00 bits per heavy atom. The van der Waals surface area contributed by atoms with Crippen LogP contribution in [0.25, 0.3) is 17.1 Å². The van der Waals surface area contributed by atoms with Crippen molar-refractivity contribution in [3.05, 3.63) is 87.6 Å². The summed E-state index contributed by atoms with van der Waals surface area (Å²) < 4.78 is 1.87. The lowest BCUT2D eigenvalue weighted by Gasteiger charge is -2.10. The van der Waals surface area contributed by atoms with E-state index < -0.39 is 0 Å². The van der Waals surface area contributed by atoms with Crippen LogP contribution in [0.1, 0.15) is 12.5 Å². The van der Waals surface area contributed by atoms with Crippen molar-refractivity contribution in [3.63, 3.8) is 0 Å². The normalized spacial score (nSPS) is 11.5. The van der Waals surface area contributed by atoms with Crippen LogP contribution >= 0.6 is 46.6 Å². The molecule has 0 bridgehead atoms. The largest absolute Gasteiger partial charge is 0.272 e. The first-order valence-electron chi connectivity index (χ1n) is 9.95. The van der Waals surface area contributed by atoms with Gasteiger partial charge < -0.3 is 0 Å². The molecular weight excluding hydrogens is 515 g/mol. The zero-order valence-electron chi connectivity index (χ0n) is 17.7. The number of nitrogens with one attached hydrogen (secondary N) is 1. The number of hydrogen-bond acceptors (Lipinski definition) is 6. The topological polar surface area (TPSA) is 85.1 Å². The molecule has 2 aromatic heterocycles. The van der Waals surface area contributed by atoms with Gasteiger partial charge in [0.25, 0.3) is 5.91 Å². The minimum atomic E-state index is -0.291. The average Bonchev–Trinajstić information content (AvgIpc) is 3.28. The van der Waals surface area contributed by atoms with Crippen LogP contribution in [0.4, 0.5) is 0 Å². The predicted octanol–water partition coefficient (Wildman–Crippen LogP) is 5.92. The van der Waals surface area contributed by atoms with Crippen LogP contribution in [0.5, 0.6) is 0 Å². The van der Waals surface area contributed by atoms with Crippen LogP contribution in [-0.4, -0.2) is 37.1 Å². The fraction of sp³-hybridized carbons (Fsp3) is 0.0870. The van der Waals surface area contributed by atoms with Gasteiger partial charge in [0, 0.05) is 28.7 Å². The van der Waals surface area contributed by atoms with Gasteiger partial charge >= 0.3 is 0 Å². The minimum Gasteiger partial charge on any atom is -0.272 e. The van der Waals surface area contributed by atoms with Crippen molar-refractivity contribution in [2.45, 2.75) is 12.1 Å². The molecular formula is C23H17Cl3N6OS. The first kappa shape index (κ1) is 24.2. The number of pyridine rings is 1. The summed E-state index contributed by atoms with van der Waals surface area (Å²) in [6.07, 6.45) is 3.37. The zero-order chi connectivity index (χ0) is 24.1. The van der Waals surface area contributed by atoms with Crippen molar-refractivity contribution in [2.24, 2.45) is 5.10 Å². The smallest absolute Gasteiger partial charge is 0.250 e. The maximum atomic E-state index is 12.5. The number of carbonyl (C=O) groups is 1. The van der Waals surface area contributed by atoms with E-state index in [2.05, 4.69) is 25.7 Å². The number of hydrogen-bond donors (Lipinski definition) is 1. The number of carbonyl (C=O) groups excluding carboxylic acids is 1. The molecule has 1 N–H and O–H groups in total. The fourth-order valence-corrected chi connectivity index (χ4v) is 4.14. The summed E-state index contributed by atoms with van der Waals surface area (Å²) >= 11 is 19.3. The van der Waals surface area contributed by atoms with Crippen LogP contribution in [0.3, 0.4) is 0 Å². The van der Waals surface area contributed by atoms with E-state index in [9.17, 15) is 4.79 Å². The number of benzene rings is 2. The van der Waals surface area contributed by atoms with Gasteiger partial charge in [-0.3, -0.25) is 14.3 Å². The number of amides is 1. The van der Waals surface area contributed by atoms with Crippen molar-refractivity contribution in [3.8, 4) is 17.1 Å². The molecule has 0 atom stereocenters. The molecule has 0 radical (unpaired) electrons. The molecule has 34 heavy (non-hydrogen) atoms. The Hall–Kier alpha value is -2.91. The zero-order valence-corrected chi connectivity index (χ0v) is 20.8. The number of halogens is 3. The third kappa shape index (κ3) is 5.77. The molecule has 0 spiro atoms. The molecule has 0 aliphatic heterocycles. The molecule has 0 aliphatic carbocycles. The lowest BCUT2D eigenvalue weighted by atomic mass is 10.1. The lowest BCUT2D eigenvalue weighted by Crippen LogP contribution is -2.21. The average molecular weight is 532 g/mol. The molecule has 7 nitrogen and oxygen atoms in total. The third-order valence-electron chi connectivity index (χ3n) is 4.67. The van der Waals surface area contributed by atoms with Crippen LogP contribution in [0, 0.1) is 0 Å². The molecule has 0 aliphatic rings. The number of hydrazone groups is 1. The Morgan fingerprint density at radius 3 is 2.44 bits per heavy atom. The SMILES string of the molecule is CC(=NNC(=O)CSc1nnc(-c2ccncc2)n1-c1ccc(Cl)cc1)c1ccc(Cl)c(Cl)c1. The van der Waals surface area contributed by atoms with Crippen LogP contribution < -0.4 is 5.43 Å². The Bertz CT molecular complexity index is 1340. The second-order valence-corrected chi connectivity index (χ2v) is 9.20. The molecule has 0 fully saturated rings. The highest BCUT2D eigenvalue weighted by Gasteiger charge is 2.17. The van der Waals surface area contributed by atoms with Crippen LogP contribution in [0.2, 0.25) is 15.1 Å². The van der Waals surface area contributed by atoms with E-state index in [1.807, 2.05) is 28.8 Å².